The van der Waals surface area contributed by atoms with Crippen molar-refractivity contribution in [3.8, 4) is 11.1 Å². The number of rotatable bonds is 7. The summed E-state index contributed by atoms with van der Waals surface area (Å²) >= 11 is 3.54. The van der Waals surface area contributed by atoms with E-state index < -0.39 is 7.26 Å². The van der Waals surface area contributed by atoms with Gasteiger partial charge in [0.2, 0.25) is 0 Å². The predicted octanol–water partition coefficient (Wildman–Crippen LogP) is 7.47. The summed E-state index contributed by atoms with van der Waals surface area (Å²) in [6.45, 7) is 0. The molecule has 5 aromatic rings. The second-order valence-electron chi connectivity index (χ2n) is 8.71. The molecule has 2 heteroatoms. The third-order valence-corrected chi connectivity index (χ3v) is 12.2. The Morgan fingerprint density at radius 3 is 1.12 bits per heavy atom. The Morgan fingerprint density at radius 2 is 0.765 bits per heavy atom. The maximum absolute atomic E-state index is 3.54. The molecule has 0 spiro atoms. The molecule has 5 aromatic carbocycles. The van der Waals surface area contributed by atoms with Crippen LogP contribution in [0.25, 0.3) is 11.1 Å². The van der Waals surface area contributed by atoms with Gasteiger partial charge >= 0.3 is 212 Å². The van der Waals surface area contributed by atoms with Gasteiger partial charge in [0.15, 0.2) is 0 Å². The van der Waals surface area contributed by atoms with Crippen LogP contribution in [0.1, 0.15) is 11.1 Å². The molecule has 0 saturated carbocycles. The van der Waals surface area contributed by atoms with Crippen molar-refractivity contribution < 1.29 is 0 Å². The minimum atomic E-state index is -2.28. The topological polar surface area (TPSA) is 0 Å². The summed E-state index contributed by atoms with van der Waals surface area (Å²) in [7, 11) is -2.28. The SMILES string of the molecule is BrCc1ccc(-c2ccc(C[PH](c3ccccc3)(c3ccccc3)c3ccccc3)cc2)cc1. The van der Waals surface area contributed by atoms with Crippen LogP contribution in [-0.4, -0.2) is 0 Å². The van der Waals surface area contributed by atoms with Crippen LogP contribution in [0.5, 0.6) is 0 Å². The molecule has 0 aliphatic carbocycles. The molecule has 34 heavy (non-hydrogen) atoms. The van der Waals surface area contributed by atoms with Crippen molar-refractivity contribution in [1.82, 2.24) is 0 Å². The zero-order valence-electron chi connectivity index (χ0n) is 19.1. The van der Waals surface area contributed by atoms with E-state index in [4.69, 9.17) is 0 Å². The van der Waals surface area contributed by atoms with Crippen molar-refractivity contribution in [2.45, 2.75) is 11.5 Å². The zero-order chi connectivity index (χ0) is 23.2. The molecule has 0 aliphatic rings. The summed E-state index contributed by atoms with van der Waals surface area (Å²) in [5.74, 6) is 0. The van der Waals surface area contributed by atoms with Crippen molar-refractivity contribution in [3.63, 3.8) is 0 Å². The van der Waals surface area contributed by atoms with Gasteiger partial charge in [0.25, 0.3) is 0 Å². The molecule has 168 valence electrons. The first-order chi connectivity index (χ1) is 16.8. The van der Waals surface area contributed by atoms with Crippen LogP contribution in [0, 0.1) is 0 Å². The minimum absolute atomic E-state index is 0.886. The average Bonchev–Trinajstić information content (AvgIpc) is 2.94. The van der Waals surface area contributed by atoms with E-state index in [-0.39, 0.29) is 0 Å². The number of hydrogen-bond acceptors (Lipinski definition) is 0. The Hall–Kier alpha value is -2.99. The average molecular weight is 523 g/mol. The van der Waals surface area contributed by atoms with E-state index in [2.05, 4.69) is 155 Å². The molecule has 0 bridgehead atoms. The Labute approximate surface area is 211 Å². The van der Waals surface area contributed by atoms with Gasteiger partial charge in [-0.2, -0.15) is 0 Å². The van der Waals surface area contributed by atoms with Crippen molar-refractivity contribution in [3.05, 3.63) is 151 Å². The van der Waals surface area contributed by atoms with Crippen LogP contribution in [0.4, 0.5) is 0 Å². The summed E-state index contributed by atoms with van der Waals surface area (Å²) in [6.07, 6.45) is 1.02. The van der Waals surface area contributed by atoms with Crippen LogP contribution in [0.15, 0.2) is 140 Å². The Morgan fingerprint density at radius 1 is 0.412 bits per heavy atom. The van der Waals surface area contributed by atoms with Crippen LogP contribution in [0.3, 0.4) is 0 Å². The number of halogens is 1. The summed E-state index contributed by atoms with van der Waals surface area (Å²) in [5, 5.41) is 5.22. The van der Waals surface area contributed by atoms with E-state index in [1.807, 2.05) is 0 Å². The van der Waals surface area contributed by atoms with Crippen LogP contribution < -0.4 is 15.9 Å². The quantitative estimate of drug-likeness (QED) is 0.153. The first kappa shape index (κ1) is 22.8. The summed E-state index contributed by atoms with van der Waals surface area (Å²) in [6, 6.07) is 51.4. The maximum atomic E-state index is 3.54. The van der Waals surface area contributed by atoms with Gasteiger partial charge in [-0.15, -0.1) is 0 Å². The van der Waals surface area contributed by atoms with E-state index >= 15 is 0 Å². The zero-order valence-corrected chi connectivity index (χ0v) is 21.7. The third-order valence-electron chi connectivity index (χ3n) is 6.66. The van der Waals surface area contributed by atoms with E-state index in [0.29, 0.717) is 0 Å². The number of hydrogen-bond donors (Lipinski definition) is 0. The molecule has 0 heterocycles. The fourth-order valence-corrected chi connectivity index (χ4v) is 10.0. The van der Waals surface area contributed by atoms with Gasteiger partial charge in [0, 0.05) is 0 Å². The fraction of sp³-hybridized carbons (Fsp3) is 0.0625. The van der Waals surface area contributed by atoms with E-state index in [1.54, 1.807) is 0 Å². The Bertz CT molecular complexity index is 1220. The van der Waals surface area contributed by atoms with Gasteiger partial charge in [0.1, 0.15) is 0 Å². The number of benzene rings is 5. The molecule has 0 fully saturated rings. The summed E-state index contributed by atoms with van der Waals surface area (Å²) in [4.78, 5) is 0. The molecular weight excluding hydrogens is 495 g/mol. The standard InChI is InChI=1S/C32H28BrP/c33-24-26-16-20-28(21-17-26)29-22-18-27(19-23-29)25-34(30-10-4-1-5-11-30,31-12-6-2-7-13-31)32-14-8-3-9-15-32/h1-23,34H,24-25H2. The third kappa shape index (κ3) is 4.64. The van der Waals surface area contributed by atoms with Crippen LogP contribution in [0.2, 0.25) is 0 Å². The Kier molecular flexibility index (Phi) is 7.05. The molecule has 0 atom stereocenters. The van der Waals surface area contributed by atoms with E-state index in [1.165, 1.54) is 38.2 Å². The van der Waals surface area contributed by atoms with Crippen molar-refractivity contribution in [2.24, 2.45) is 0 Å². The molecule has 0 nitrogen and oxygen atoms in total. The van der Waals surface area contributed by atoms with Gasteiger partial charge in [-0.25, -0.2) is 0 Å². The van der Waals surface area contributed by atoms with Gasteiger partial charge in [-0.1, -0.05) is 0 Å². The molecule has 0 aliphatic heterocycles. The van der Waals surface area contributed by atoms with E-state index in [0.717, 1.165) is 11.5 Å². The van der Waals surface area contributed by atoms with Crippen molar-refractivity contribution in [1.29, 1.82) is 0 Å². The fourth-order valence-electron chi connectivity index (χ4n) is 4.88. The van der Waals surface area contributed by atoms with Gasteiger partial charge in [0.05, 0.1) is 0 Å². The van der Waals surface area contributed by atoms with Crippen molar-refractivity contribution >= 4 is 39.1 Å². The normalized spacial score (nSPS) is 11.8. The van der Waals surface area contributed by atoms with Crippen LogP contribution >= 0.6 is 23.2 Å². The Balaban J connectivity index is 1.60. The van der Waals surface area contributed by atoms with Gasteiger partial charge in [-0.3, -0.25) is 0 Å². The van der Waals surface area contributed by atoms with Crippen LogP contribution in [-0.2, 0) is 11.5 Å². The molecule has 5 rings (SSSR count). The molecule has 0 saturated heterocycles. The first-order valence-electron chi connectivity index (χ1n) is 11.7. The second kappa shape index (κ2) is 10.5. The second-order valence-corrected chi connectivity index (χ2v) is 13.2. The first-order valence-corrected chi connectivity index (χ1v) is 15.0. The monoisotopic (exact) mass is 522 g/mol. The summed E-state index contributed by atoms with van der Waals surface area (Å²) in [5.41, 5.74) is 5.19. The molecule has 0 unspecified atom stereocenters. The number of alkyl halides is 1. The van der Waals surface area contributed by atoms with E-state index in [9.17, 15) is 0 Å². The molecule has 0 radical (unpaired) electrons. The molecular formula is C32H28BrP. The molecule has 0 amide bonds. The molecule has 0 N–H and O–H groups in total. The van der Waals surface area contributed by atoms with Crippen molar-refractivity contribution in [2.75, 3.05) is 0 Å². The van der Waals surface area contributed by atoms with Gasteiger partial charge < -0.3 is 0 Å². The van der Waals surface area contributed by atoms with Gasteiger partial charge in [-0.05, 0) is 0 Å². The predicted molar refractivity (Wildman–Crippen MR) is 155 cm³/mol. The summed E-state index contributed by atoms with van der Waals surface area (Å²) < 4.78 is 0. The molecule has 0 aromatic heterocycles.